The minimum Gasteiger partial charge on any atom is -0.497 e. The van der Waals surface area contributed by atoms with E-state index in [-0.39, 0.29) is 61.9 Å². The van der Waals surface area contributed by atoms with Crippen molar-refractivity contribution >= 4 is 23.7 Å². The summed E-state index contributed by atoms with van der Waals surface area (Å²) >= 11 is 6.89. The Balaban J connectivity index is 1.67. The van der Waals surface area contributed by atoms with Gasteiger partial charge in [0, 0.05) is 26.2 Å². The number of esters is 1. The van der Waals surface area contributed by atoms with E-state index in [4.69, 9.17) is 70.1 Å². The molecule has 1 spiro atoms. The van der Waals surface area contributed by atoms with Gasteiger partial charge in [0.25, 0.3) is 0 Å². The Bertz CT molecular complexity index is 1940. The van der Waals surface area contributed by atoms with E-state index in [0.717, 1.165) is 5.56 Å². The molecular weight excluding hydrogens is 790 g/mol. The number of ether oxygens (including phenoxy) is 11. The molecule has 0 unspecified atom stereocenters. The number of carbonyl (C=O) groups is 2. The number of amides is 1. The second kappa shape index (κ2) is 19.2. The quantitative estimate of drug-likeness (QED) is 0.168. The van der Waals surface area contributed by atoms with E-state index in [0.29, 0.717) is 11.3 Å². The van der Waals surface area contributed by atoms with Gasteiger partial charge in [0.05, 0.1) is 43.9 Å². The van der Waals surface area contributed by atoms with Crippen molar-refractivity contribution in [3.8, 4) is 41.4 Å². The number of hydrogen-bond donors (Lipinski definition) is 2. The van der Waals surface area contributed by atoms with Crippen molar-refractivity contribution in [1.29, 1.82) is 0 Å². The number of aliphatic hydroxyl groups is 1. The first kappa shape index (κ1) is 45.5. The molecule has 0 aromatic heterocycles. The minimum absolute atomic E-state index is 0.0263. The Morgan fingerprint density at radius 3 is 2.46 bits per heavy atom. The fourth-order valence-corrected chi connectivity index (χ4v) is 6.84. The van der Waals surface area contributed by atoms with Crippen LogP contribution in [0.1, 0.15) is 64.6 Å². The zero-order chi connectivity index (χ0) is 43.0. The van der Waals surface area contributed by atoms with Crippen molar-refractivity contribution in [3.63, 3.8) is 0 Å². The third-order valence-corrected chi connectivity index (χ3v) is 9.66. The molecule has 1 fully saturated rings. The van der Waals surface area contributed by atoms with Crippen molar-refractivity contribution in [2.24, 2.45) is 0 Å². The highest BCUT2D eigenvalue weighted by Gasteiger charge is 2.53. The van der Waals surface area contributed by atoms with Gasteiger partial charge in [-0.25, -0.2) is 4.79 Å². The second-order valence-electron chi connectivity index (χ2n) is 15.5. The maximum Gasteiger partial charge on any atom is 0.408 e. The molecule has 0 saturated carbocycles. The van der Waals surface area contributed by atoms with Gasteiger partial charge in [-0.2, -0.15) is 0 Å². The van der Waals surface area contributed by atoms with Crippen molar-refractivity contribution in [2.75, 3.05) is 48.1 Å². The number of benzene rings is 2. The standard InChI is InChI=1S/C43H52ClNO14/c1-10-35-43(48)21-31(54-25-49-7)19-29(43)15-16-42(24-56-41(5,6)59-42)36(52-22-27-11-13-30(51-9)14-12-27)23-53-37(46)20-33(45-39(47)58-40(2,3)4)28-17-32(44)38(57-35)34(18-28)55-26-50-8/h1,11-14,17-19,31,33,35-36,48H,20-26H2,2-9H3,(H,45,47)/t31-,33+,35-,36+,42+,43-/m1/s1. The van der Waals surface area contributed by atoms with Crippen LogP contribution in [0.5, 0.6) is 17.2 Å². The molecule has 2 aromatic rings. The molecule has 4 aliphatic rings. The molecule has 59 heavy (non-hydrogen) atoms. The summed E-state index contributed by atoms with van der Waals surface area (Å²) in [5.41, 5.74) is -3.19. The summed E-state index contributed by atoms with van der Waals surface area (Å²) in [7, 11) is 4.45. The Hall–Kier alpha value is -4.55. The average molecular weight is 842 g/mol. The Morgan fingerprint density at radius 1 is 1.10 bits per heavy atom. The van der Waals surface area contributed by atoms with Gasteiger partial charge in [0.15, 0.2) is 35.8 Å². The molecule has 15 nitrogen and oxygen atoms in total. The van der Waals surface area contributed by atoms with Crippen LogP contribution in [0.15, 0.2) is 48.0 Å². The third-order valence-electron chi connectivity index (χ3n) is 9.38. The SMILES string of the molecule is C#C[C@H]1Oc2c(Cl)cc(cc2OCOC)[C@@H](NC(=O)OC(C)(C)C)CC(=O)OC[C@H](OCc2ccc(OC)cc2)[C@]2(C#CC3=C[C@@H](OCOC)C[C@@]31O)COC(C)(C)O2. The fourth-order valence-electron chi connectivity index (χ4n) is 6.57. The van der Waals surface area contributed by atoms with Gasteiger partial charge in [-0.05, 0) is 76.1 Å². The first-order chi connectivity index (χ1) is 27.9. The predicted molar refractivity (Wildman–Crippen MR) is 212 cm³/mol. The van der Waals surface area contributed by atoms with E-state index in [1.807, 2.05) is 12.1 Å². The molecule has 2 bridgehead atoms. The monoisotopic (exact) mass is 841 g/mol. The normalized spacial score (nSPS) is 26.6. The highest BCUT2D eigenvalue weighted by atomic mass is 35.5. The zero-order valence-electron chi connectivity index (χ0n) is 34.5. The first-order valence-electron chi connectivity index (χ1n) is 18.8. The molecule has 3 heterocycles. The molecule has 1 aliphatic carbocycles. The van der Waals surface area contributed by atoms with Crippen LogP contribution in [0.25, 0.3) is 0 Å². The van der Waals surface area contributed by atoms with Crippen molar-refractivity contribution in [3.05, 3.63) is 64.2 Å². The maximum absolute atomic E-state index is 13.9. The summed E-state index contributed by atoms with van der Waals surface area (Å²) in [5, 5.41) is 15.3. The van der Waals surface area contributed by atoms with Gasteiger partial charge in [-0.1, -0.05) is 41.5 Å². The lowest BCUT2D eigenvalue weighted by Crippen LogP contribution is -2.49. The lowest BCUT2D eigenvalue weighted by atomic mass is 9.88. The topological polar surface area (TPSA) is 168 Å². The molecule has 6 atom stereocenters. The number of halogens is 1. The Morgan fingerprint density at radius 2 is 1.83 bits per heavy atom. The van der Waals surface area contributed by atoms with Gasteiger partial charge < -0.3 is 62.5 Å². The molecule has 6 rings (SSSR count). The van der Waals surface area contributed by atoms with Crippen LogP contribution in [0.3, 0.4) is 0 Å². The van der Waals surface area contributed by atoms with Crippen LogP contribution in [-0.4, -0.2) is 106 Å². The molecule has 3 aliphatic heterocycles. The van der Waals surface area contributed by atoms with Crippen LogP contribution in [0, 0.1) is 24.2 Å². The van der Waals surface area contributed by atoms with Gasteiger partial charge >= 0.3 is 12.1 Å². The summed E-state index contributed by atoms with van der Waals surface area (Å²) in [6.45, 7) is 7.74. The molecule has 0 radical (unpaired) electrons. The summed E-state index contributed by atoms with van der Waals surface area (Å²) < 4.78 is 64.3. The van der Waals surface area contributed by atoms with Crippen LogP contribution in [-0.2, 0) is 49.3 Å². The lowest BCUT2D eigenvalue weighted by Gasteiger charge is -2.33. The molecule has 2 N–H and O–H groups in total. The third kappa shape index (κ3) is 11.6. The van der Waals surface area contributed by atoms with Crippen molar-refractivity contribution in [2.45, 2.75) is 101 Å². The maximum atomic E-state index is 13.9. The van der Waals surface area contributed by atoms with E-state index in [2.05, 4.69) is 23.1 Å². The van der Waals surface area contributed by atoms with Crippen LogP contribution >= 0.6 is 11.6 Å². The molecule has 2 aromatic carbocycles. The number of hydrogen-bond acceptors (Lipinski definition) is 14. The summed E-state index contributed by atoms with van der Waals surface area (Å²) in [6, 6.07) is 9.13. The highest BCUT2D eigenvalue weighted by molar-refractivity contribution is 6.32. The number of terminal acetylenes is 1. The molecule has 320 valence electrons. The van der Waals surface area contributed by atoms with Crippen molar-refractivity contribution < 1.29 is 66.8 Å². The summed E-state index contributed by atoms with van der Waals surface area (Å²) in [5.74, 6) is 7.55. The minimum atomic E-state index is -1.97. The van der Waals surface area contributed by atoms with Crippen molar-refractivity contribution in [1.82, 2.24) is 5.32 Å². The smallest absolute Gasteiger partial charge is 0.408 e. The molecular formula is C43H52ClNO14. The van der Waals surface area contributed by atoms with Gasteiger partial charge in [0.2, 0.25) is 0 Å². The second-order valence-corrected chi connectivity index (χ2v) is 15.9. The Kier molecular flexibility index (Phi) is 14.8. The van der Waals surface area contributed by atoms with Gasteiger partial charge in [0.1, 0.15) is 36.5 Å². The number of rotatable bonds is 11. The fraction of sp³-hybridized carbons (Fsp3) is 0.535. The largest absolute Gasteiger partial charge is 0.497 e. The number of nitrogens with one attached hydrogen (secondary N) is 1. The predicted octanol–water partition coefficient (Wildman–Crippen LogP) is 5.39. The number of fused-ring (bicyclic) bond motifs is 8. The van der Waals surface area contributed by atoms with Crippen LogP contribution in [0.4, 0.5) is 4.79 Å². The van der Waals surface area contributed by atoms with Gasteiger partial charge in [-0.15, -0.1) is 6.42 Å². The van der Waals surface area contributed by atoms with Crippen LogP contribution in [0.2, 0.25) is 5.02 Å². The first-order valence-corrected chi connectivity index (χ1v) is 19.2. The number of alkyl carbamates (subject to hydrolysis) is 1. The summed E-state index contributed by atoms with van der Waals surface area (Å²) in [4.78, 5) is 27.1. The molecule has 16 heteroatoms. The highest BCUT2D eigenvalue weighted by Crippen LogP contribution is 2.44. The van der Waals surface area contributed by atoms with E-state index in [1.54, 1.807) is 59.9 Å². The Labute approximate surface area is 349 Å². The average Bonchev–Trinajstić information content (AvgIpc) is 3.68. The van der Waals surface area contributed by atoms with E-state index in [9.17, 15) is 14.7 Å². The van der Waals surface area contributed by atoms with E-state index in [1.165, 1.54) is 26.4 Å². The van der Waals surface area contributed by atoms with E-state index >= 15 is 0 Å². The van der Waals surface area contributed by atoms with E-state index < -0.39 is 65.4 Å². The lowest BCUT2D eigenvalue weighted by molar-refractivity contribution is -0.187. The zero-order valence-corrected chi connectivity index (χ0v) is 35.3. The number of methoxy groups -OCH3 is 3. The number of carbonyl (C=O) groups excluding carboxylic acids is 2. The molecule has 1 saturated heterocycles. The summed E-state index contributed by atoms with van der Waals surface area (Å²) in [6.07, 6.45) is 3.21. The van der Waals surface area contributed by atoms with Crippen LogP contribution < -0.4 is 19.5 Å². The van der Waals surface area contributed by atoms with Gasteiger partial charge in [-0.3, -0.25) is 4.79 Å². The molecule has 1 amide bonds.